The fraction of sp³-hybridized carbons (Fsp3) is 0.161. The molecule has 6 aromatic rings. The molecule has 0 bridgehead atoms. The molecule has 202 valence electrons. The van der Waals surface area contributed by atoms with Gasteiger partial charge in [-0.1, -0.05) is 30.3 Å². The van der Waals surface area contributed by atoms with Gasteiger partial charge in [-0.15, -0.1) is 5.10 Å². The standard InChI is InChI=1S/C31H26N8O2/c1-20-9-10-22-24(18-38(25(22)17-20)15-6-14-37-16-13-32-19-37)26-27(28-23-11-12-33-34-29(23)36(2)35-28)31(41)39(30(26)40)21-7-4-3-5-8-21/h3-5,7-13,16-19H,6,14-15H2,1-2H3. The van der Waals surface area contributed by atoms with Crippen molar-refractivity contribution in [2.24, 2.45) is 7.05 Å². The third-order valence-electron chi connectivity index (χ3n) is 7.53. The highest BCUT2D eigenvalue weighted by molar-refractivity contribution is 6.58. The minimum Gasteiger partial charge on any atom is -0.347 e. The molecule has 7 rings (SSSR count). The lowest BCUT2D eigenvalue weighted by Gasteiger charge is -2.14. The zero-order chi connectivity index (χ0) is 28.1. The van der Waals surface area contributed by atoms with Gasteiger partial charge in [0.05, 0.1) is 34.7 Å². The Bertz CT molecular complexity index is 1980. The molecule has 0 spiro atoms. The number of imidazole rings is 1. The molecule has 0 unspecified atom stereocenters. The number of hydrogen-bond acceptors (Lipinski definition) is 6. The van der Waals surface area contributed by atoms with Crippen LogP contribution in [0.25, 0.3) is 33.1 Å². The van der Waals surface area contributed by atoms with E-state index in [0.717, 1.165) is 36.0 Å². The zero-order valence-corrected chi connectivity index (χ0v) is 22.6. The van der Waals surface area contributed by atoms with E-state index in [-0.39, 0.29) is 11.5 Å². The highest BCUT2D eigenvalue weighted by atomic mass is 16.2. The van der Waals surface area contributed by atoms with Crippen LogP contribution in [0.4, 0.5) is 5.69 Å². The average molecular weight is 543 g/mol. The molecule has 2 aromatic carbocycles. The van der Waals surface area contributed by atoms with Crippen LogP contribution in [0, 0.1) is 6.92 Å². The summed E-state index contributed by atoms with van der Waals surface area (Å²) in [4.78, 5) is 33.9. The van der Waals surface area contributed by atoms with Crippen molar-refractivity contribution in [3.05, 3.63) is 103 Å². The van der Waals surface area contributed by atoms with Gasteiger partial charge in [-0.05, 0) is 43.2 Å². The summed E-state index contributed by atoms with van der Waals surface area (Å²) in [5.74, 6) is -0.795. The van der Waals surface area contributed by atoms with Crippen molar-refractivity contribution in [1.82, 2.24) is 34.1 Å². The SMILES string of the molecule is Cc1ccc2c(C3=C(c4nn(C)c5nnccc45)C(=O)N(c4ccccc4)C3=O)cn(CCCn3ccnc3)c2c1. The van der Waals surface area contributed by atoms with Gasteiger partial charge in [-0.25, -0.2) is 14.6 Å². The topological polar surface area (TPSA) is 104 Å². The maximum absolute atomic E-state index is 14.3. The predicted octanol–water partition coefficient (Wildman–Crippen LogP) is 4.40. The van der Waals surface area contributed by atoms with E-state index >= 15 is 0 Å². The number of imide groups is 1. The second-order valence-electron chi connectivity index (χ2n) is 10.2. The molecular formula is C31H26N8O2. The number of aryl methyl sites for hydroxylation is 4. The molecule has 4 aromatic heterocycles. The van der Waals surface area contributed by atoms with Gasteiger partial charge in [0.15, 0.2) is 5.65 Å². The summed E-state index contributed by atoms with van der Waals surface area (Å²) in [5, 5.41) is 14.4. The molecule has 10 nitrogen and oxygen atoms in total. The first-order chi connectivity index (χ1) is 20.0. The Balaban J connectivity index is 1.43. The number of rotatable bonds is 7. The quantitative estimate of drug-likeness (QED) is 0.277. The first-order valence-electron chi connectivity index (χ1n) is 13.4. The van der Waals surface area contributed by atoms with Crippen LogP contribution in [0.5, 0.6) is 0 Å². The molecule has 1 aliphatic heterocycles. The Morgan fingerprint density at radius 1 is 0.878 bits per heavy atom. The maximum Gasteiger partial charge on any atom is 0.268 e. The molecule has 10 heteroatoms. The number of carbonyl (C=O) groups excluding carboxylic acids is 2. The number of amides is 2. The van der Waals surface area contributed by atoms with Crippen molar-refractivity contribution in [2.45, 2.75) is 26.4 Å². The Morgan fingerprint density at radius 3 is 2.51 bits per heavy atom. The number of benzene rings is 2. The number of nitrogens with zero attached hydrogens (tertiary/aromatic N) is 8. The lowest BCUT2D eigenvalue weighted by Crippen LogP contribution is -2.31. The van der Waals surface area contributed by atoms with E-state index in [0.29, 0.717) is 33.6 Å². The van der Waals surface area contributed by atoms with Crippen LogP contribution in [-0.2, 0) is 29.7 Å². The van der Waals surface area contributed by atoms with Gasteiger partial charge in [0, 0.05) is 55.2 Å². The third-order valence-corrected chi connectivity index (χ3v) is 7.53. The summed E-state index contributed by atoms with van der Waals surface area (Å²) < 4.78 is 5.81. The van der Waals surface area contributed by atoms with Crippen LogP contribution in [0.1, 0.15) is 23.2 Å². The molecule has 0 saturated carbocycles. The molecule has 2 amide bonds. The van der Waals surface area contributed by atoms with Crippen molar-refractivity contribution in [2.75, 3.05) is 4.90 Å². The van der Waals surface area contributed by atoms with Crippen LogP contribution in [0.2, 0.25) is 0 Å². The van der Waals surface area contributed by atoms with Crippen molar-refractivity contribution in [1.29, 1.82) is 0 Å². The highest BCUT2D eigenvalue weighted by Gasteiger charge is 2.43. The van der Waals surface area contributed by atoms with Crippen LogP contribution in [0.15, 0.2) is 85.7 Å². The molecule has 0 fully saturated rings. The summed E-state index contributed by atoms with van der Waals surface area (Å²) in [6, 6.07) is 17.0. The van der Waals surface area contributed by atoms with E-state index < -0.39 is 5.91 Å². The lowest BCUT2D eigenvalue weighted by atomic mass is 9.97. The van der Waals surface area contributed by atoms with Crippen LogP contribution < -0.4 is 4.90 Å². The molecule has 0 saturated heterocycles. The Labute approximate surface area is 235 Å². The van der Waals surface area contributed by atoms with Crippen LogP contribution in [0.3, 0.4) is 0 Å². The molecule has 0 N–H and O–H groups in total. The van der Waals surface area contributed by atoms with E-state index in [1.807, 2.05) is 53.6 Å². The molecular weight excluding hydrogens is 516 g/mol. The van der Waals surface area contributed by atoms with Crippen molar-refractivity contribution < 1.29 is 9.59 Å². The number of carbonyl (C=O) groups is 2. The summed E-state index contributed by atoms with van der Waals surface area (Å²) in [7, 11) is 1.76. The highest BCUT2D eigenvalue weighted by Crippen LogP contribution is 2.42. The summed E-state index contributed by atoms with van der Waals surface area (Å²) in [6.45, 7) is 3.59. The predicted molar refractivity (Wildman–Crippen MR) is 156 cm³/mol. The fourth-order valence-corrected chi connectivity index (χ4v) is 5.62. The van der Waals surface area contributed by atoms with Gasteiger partial charge in [-0.2, -0.15) is 10.2 Å². The van der Waals surface area contributed by atoms with E-state index in [1.54, 1.807) is 42.3 Å². The second kappa shape index (κ2) is 9.67. The Morgan fingerprint density at radius 2 is 1.71 bits per heavy atom. The summed E-state index contributed by atoms with van der Waals surface area (Å²) >= 11 is 0. The van der Waals surface area contributed by atoms with E-state index in [2.05, 4.69) is 37.8 Å². The van der Waals surface area contributed by atoms with Crippen LogP contribution in [-0.4, -0.2) is 45.9 Å². The lowest BCUT2D eigenvalue weighted by molar-refractivity contribution is -0.119. The minimum absolute atomic E-state index is 0.260. The molecule has 0 aliphatic carbocycles. The van der Waals surface area contributed by atoms with Crippen molar-refractivity contribution >= 4 is 50.6 Å². The van der Waals surface area contributed by atoms with Gasteiger partial charge in [-0.3, -0.25) is 9.59 Å². The van der Waals surface area contributed by atoms with Crippen LogP contribution >= 0.6 is 0 Å². The van der Waals surface area contributed by atoms with Gasteiger partial charge in [0.2, 0.25) is 0 Å². The van der Waals surface area contributed by atoms with Gasteiger partial charge in [0.25, 0.3) is 11.8 Å². The average Bonchev–Trinajstić information content (AvgIpc) is 3.75. The molecule has 0 atom stereocenters. The minimum atomic E-state index is -0.416. The Kier molecular flexibility index (Phi) is 5.81. The summed E-state index contributed by atoms with van der Waals surface area (Å²) in [5.41, 5.74) is 4.87. The molecule has 1 aliphatic rings. The van der Waals surface area contributed by atoms with Crippen molar-refractivity contribution in [3.8, 4) is 0 Å². The summed E-state index contributed by atoms with van der Waals surface area (Å²) in [6.07, 6.45) is 9.96. The molecule has 41 heavy (non-hydrogen) atoms. The number of anilines is 1. The third kappa shape index (κ3) is 4.03. The monoisotopic (exact) mass is 542 g/mol. The first kappa shape index (κ1) is 24.6. The Hall–Kier alpha value is -5.38. The number of aromatic nitrogens is 7. The number of para-hydroxylation sites is 1. The smallest absolute Gasteiger partial charge is 0.268 e. The van der Waals surface area contributed by atoms with Gasteiger partial charge in [0.1, 0.15) is 5.69 Å². The van der Waals surface area contributed by atoms with Gasteiger partial charge < -0.3 is 9.13 Å². The van der Waals surface area contributed by atoms with E-state index in [9.17, 15) is 9.59 Å². The maximum atomic E-state index is 14.3. The van der Waals surface area contributed by atoms with Gasteiger partial charge >= 0.3 is 0 Å². The number of hydrogen-bond donors (Lipinski definition) is 0. The van der Waals surface area contributed by atoms with E-state index in [4.69, 9.17) is 0 Å². The van der Waals surface area contributed by atoms with Crippen molar-refractivity contribution in [3.63, 3.8) is 0 Å². The largest absolute Gasteiger partial charge is 0.347 e. The second-order valence-corrected chi connectivity index (χ2v) is 10.2. The molecule has 5 heterocycles. The first-order valence-corrected chi connectivity index (χ1v) is 13.4. The number of fused-ring (bicyclic) bond motifs is 2. The molecule has 0 radical (unpaired) electrons. The normalized spacial score (nSPS) is 13.9. The fourth-order valence-electron chi connectivity index (χ4n) is 5.62. The van der Waals surface area contributed by atoms with E-state index in [1.165, 1.54) is 4.90 Å². The zero-order valence-electron chi connectivity index (χ0n) is 22.6.